The first kappa shape index (κ1) is 23.4. The molecule has 172 valence electrons. The Labute approximate surface area is 205 Å². The topological polar surface area (TPSA) is 92.2 Å². The SMILES string of the molecule is Cc1ccc(CNC(=O)C(=O)Nn2c(C(=O)Nc3ccc(Cl)cc3)cc3cc(Cl)ccc32)cc1. The van der Waals surface area contributed by atoms with Gasteiger partial charge in [-0.25, -0.2) is 4.68 Å². The number of hydrogen-bond acceptors (Lipinski definition) is 3. The van der Waals surface area contributed by atoms with Crippen LogP contribution in [-0.2, 0) is 16.1 Å². The highest BCUT2D eigenvalue weighted by Crippen LogP contribution is 2.24. The van der Waals surface area contributed by atoms with Crippen LogP contribution in [0, 0.1) is 6.92 Å². The molecule has 0 aliphatic rings. The van der Waals surface area contributed by atoms with Crippen molar-refractivity contribution in [1.82, 2.24) is 9.99 Å². The van der Waals surface area contributed by atoms with Crippen LogP contribution in [0.1, 0.15) is 21.6 Å². The van der Waals surface area contributed by atoms with Gasteiger partial charge in [-0.05, 0) is 61.0 Å². The summed E-state index contributed by atoms with van der Waals surface area (Å²) in [5, 5.41) is 6.96. The van der Waals surface area contributed by atoms with Crippen LogP contribution < -0.4 is 16.1 Å². The van der Waals surface area contributed by atoms with E-state index in [-0.39, 0.29) is 12.2 Å². The van der Waals surface area contributed by atoms with E-state index in [2.05, 4.69) is 16.1 Å². The van der Waals surface area contributed by atoms with Crippen molar-refractivity contribution in [3.8, 4) is 0 Å². The van der Waals surface area contributed by atoms with Crippen molar-refractivity contribution in [2.24, 2.45) is 0 Å². The van der Waals surface area contributed by atoms with E-state index < -0.39 is 17.7 Å². The van der Waals surface area contributed by atoms with Crippen LogP contribution in [-0.4, -0.2) is 22.4 Å². The summed E-state index contributed by atoms with van der Waals surface area (Å²) in [4.78, 5) is 38.1. The quantitative estimate of drug-likeness (QED) is 0.344. The largest absolute Gasteiger partial charge is 0.344 e. The van der Waals surface area contributed by atoms with Crippen molar-refractivity contribution < 1.29 is 14.4 Å². The summed E-state index contributed by atoms with van der Waals surface area (Å²) in [5.74, 6) is -2.24. The van der Waals surface area contributed by atoms with E-state index >= 15 is 0 Å². The molecule has 0 saturated heterocycles. The van der Waals surface area contributed by atoms with Gasteiger partial charge < -0.3 is 10.6 Å². The molecule has 34 heavy (non-hydrogen) atoms. The number of benzene rings is 3. The monoisotopic (exact) mass is 494 g/mol. The Bertz CT molecular complexity index is 1380. The molecule has 7 nitrogen and oxygen atoms in total. The second-order valence-corrected chi connectivity index (χ2v) is 8.51. The summed E-state index contributed by atoms with van der Waals surface area (Å²) in [6.45, 7) is 2.16. The molecule has 0 aliphatic heterocycles. The Kier molecular flexibility index (Phi) is 6.86. The van der Waals surface area contributed by atoms with Crippen LogP contribution in [0.2, 0.25) is 10.0 Å². The van der Waals surface area contributed by atoms with Gasteiger partial charge in [-0.1, -0.05) is 53.0 Å². The molecule has 4 aromatic rings. The second kappa shape index (κ2) is 9.99. The third-order valence-electron chi connectivity index (χ3n) is 5.09. The Hall–Kier alpha value is -3.81. The number of nitrogens with one attached hydrogen (secondary N) is 3. The van der Waals surface area contributed by atoms with E-state index in [0.717, 1.165) is 11.1 Å². The molecule has 0 fully saturated rings. The lowest BCUT2D eigenvalue weighted by Gasteiger charge is -2.13. The van der Waals surface area contributed by atoms with Crippen molar-refractivity contribution in [2.45, 2.75) is 13.5 Å². The fraction of sp³-hybridized carbons (Fsp3) is 0.0800. The molecule has 9 heteroatoms. The number of aryl methyl sites for hydroxylation is 1. The Morgan fingerprint density at radius 3 is 2.21 bits per heavy atom. The molecule has 1 heterocycles. The van der Waals surface area contributed by atoms with E-state index in [0.29, 0.717) is 26.6 Å². The van der Waals surface area contributed by atoms with Gasteiger partial charge in [0.1, 0.15) is 5.69 Å². The lowest BCUT2D eigenvalue weighted by atomic mass is 10.1. The van der Waals surface area contributed by atoms with Gasteiger partial charge in [0.15, 0.2) is 0 Å². The molecule has 0 unspecified atom stereocenters. The van der Waals surface area contributed by atoms with Gasteiger partial charge in [0.25, 0.3) is 5.91 Å². The summed E-state index contributed by atoms with van der Waals surface area (Å²) in [5.41, 5.74) is 5.61. The molecular weight excluding hydrogens is 475 g/mol. The molecular formula is C25H20Cl2N4O3. The number of halogens is 2. The first-order valence-electron chi connectivity index (χ1n) is 10.3. The zero-order valence-electron chi connectivity index (χ0n) is 18.1. The smallest absolute Gasteiger partial charge is 0.328 e. The molecule has 1 aromatic heterocycles. The van der Waals surface area contributed by atoms with Crippen LogP contribution in [0.5, 0.6) is 0 Å². The predicted molar refractivity (Wildman–Crippen MR) is 134 cm³/mol. The van der Waals surface area contributed by atoms with Crippen molar-refractivity contribution in [2.75, 3.05) is 10.7 Å². The highest BCUT2D eigenvalue weighted by Gasteiger charge is 2.21. The number of anilines is 1. The molecule has 0 aliphatic carbocycles. The first-order chi connectivity index (χ1) is 16.3. The van der Waals surface area contributed by atoms with Crippen molar-refractivity contribution >= 4 is 57.5 Å². The van der Waals surface area contributed by atoms with E-state index in [4.69, 9.17) is 23.2 Å². The van der Waals surface area contributed by atoms with Crippen LogP contribution in [0.15, 0.2) is 72.8 Å². The average Bonchev–Trinajstić information content (AvgIpc) is 3.17. The van der Waals surface area contributed by atoms with Gasteiger partial charge in [-0.3, -0.25) is 19.8 Å². The molecule has 3 N–H and O–H groups in total. The molecule has 3 aromatic carbocycles. The summed E-state index contributed by atoms with van der Waals surface area (Å²) in [6, 6.07) is 20.7. The maximum Gasteiger partial charge on any atom is 0.328 e. The van der Waals surface area contributed by atoms with Gasteiger partial charge >= 0.3 is 11.8 Å². The van der Waals surface area contributed by atoms with Gasteiger partial charge in [0.2, 0.25) is 0 Å². The molecule has 4 rings (SSSR count). The normalized spacial score (nSPS) is 10.7. The van der Waals surface area contributed by atoms with Crippen molar-refractivity contribution in [3.05, 3.63) is 99.7 Å². The van der Waals surface area contributed by atoms with Crippen LogP contribution in [0.3, 0.4) is 0 Å². The maximum absolute atomic E-state index is 13.0. The Morgan fingerprint density at radius 1 is 0.824 bits per heavy atom. The van der Waals surface area contributed by atoms with Crippen molar-refractivity contribution in [1.29, 1.82) is 0 Å². The molecule has 0 saturated carbocycles. The minimum Gasteiger partial charge on any atom is -0.344 e. The Balaban J connectivity index is 1.55. The summed E-state index contributed by atoms with van der Waals surface area (Å²) >= 11 is 12.0. The van der Waals surface area contributed by atoms with E-state index in [9.17, 15) is 14.4 Å². The zero-order valence-corrected chi connectivity index (χ0v) is 19.6. The molecule has 0 bridgehead atoms. The fourth-order valence-corrected chi connectivity index (χ4v) is 3.63. The van der Waals surface area contributed by atoms with Gasteiger partial charge in [-0.15, -0.1) is 0 Å². The number of nitrogens with zero attached hydrogens (tertiary/aromatic N) is 1. The average molecular weight is 495 g/mol. The number of carbonyl (C=O) groups excluding carboxylic acids is 3. The number of rotatable bonds is 5. The third kappa shape index (κ3) is 5.39. The molecule has 0 radical (unpaired) electrons. The number of fused-ring (bicyclic) bond motifs is 1. The third-order valence-corrected chi connectivity index (χ3v) is 5.58. The summed E-state index contributed by atoms with van der Waals surface area (Å²) < 4.78 is 1.27. The fourth-order valence-electron chi connectivity index (χ4n) is 3.32. The lowest BCUT2D eigenvalue weighted by Crippen LogP contribution is -2.39. The van der Waals surface area contributed by atoms with Gasteiger partial charge in [0, 0.05) is 27.7 Å². The second-order valence-electron chi connectivity index (χ2n) is 7.64. The standard InChI is InChI=1S/C25H20Cl2N4O3/c1-15-2-4-16(5-3-15)14-28-24(33)25(34)30-31-21-11-8-19(27)12-17(21)13-22(31)23(32)29-20-9-6-18(26)7-10-20/h2-13H,14H2,1H3,(H,28,33)(H,29,32)(H,30,34). The minimum atomic E-state index is -0.917. The number of aromatic nitrogens is 1. The first-order valence-corrected chi connectivity index (χ1v) is 11.1. The van der Waals surface area contributed by atoms with Crippen LogP contribution in [0.25, 0.3) is 10.9 Å². The molecule has 0 spiro atoms. The van der Waals surface area contributed by atoms with Crippen LogP contribution >= 0.6 is 23.2 Å². The summed E-state index contributed by atoms with van der Waals surface area (Å²) in [6.07, 6.45) is 0. The number of hydrogen-bond donors (Lipinski definition) is 3. The molecule has 3 amide bonds. The van der Waals surface area contributed by atoms with Crippen LogP contribution in [0.4, 0.5) is 5.69 Å². The highest BCUT2D eigenvalue weighted by atomic mass is 35.5. The number of carbonyl (C=O) groups is 3. The predicted octanol–water partition coefficient (Wildman–Crippen LogP) is 4.90. The van der Waals surface area contributed by atoms with E-state index in [1.165, 1.54) is 4.68 Å². The minimum absolute atomic E-state index is 0.118. The summed E-state index contributed by atoms with van der Waals surface area (Å²) in [7, 11) is 0. The maximum atomic E-state index is 13.0. The highest BCUT2D eigenvalue weighted by molar-refractivity contribution is 6.38. The Morgan fingerprint density at radius 2 is 1.50 bits per heavy atom. The number of amides is 3. The van der Waals surface area contributed by atoms with E-state index in [1.807, 2.05) is 31.2 Å². The molecule has 0 atom stereocenters. The van der Waals surface area contributed by atoms with E-state index in [1.54, 1.807) is 48.5 Å². The van der Waals surface area contributed by atoms with Gasteiger partial charge in [0.05, 0.1) is 5.52 Å². The lowest BCUT2D eigenvalue weighted by molar-refractivity contribution is -0.136. The van der Waals surface area contributed by atoms with Crippen molar-refractivity contribution in [3.63, 3.8) is 0 Å². The zero-order chi connectivity index (χ0) is 24.2. The van der Waals surface area contributed by atoms with Gasteiger partial charge in [-0.2, -0.15) is 0 Å².